The predicted octanol–water partition coefficient (Wildman–Crippen LogP) is 3.53. The van der Waals surface area contributed by atoms with Crippen molar-refractivity contribution < 1.29 is 18.7 Å². The van der Waals surface area contributed by atoms with Crippen molar-refractivity contribution in [1.82, 2.24) is 4.90 Å². The number of anilines is 2. The van der Waals surface area contributed by atoms with E-state index >= 15 is 0 Å². The molecule has 0 unspecified atom stereocenters. The molecule has 6 nitrogen and oxygen atoms in total. The van der Waals surface area contributed by atoms with Crippen LogP contribution in [0.2, 0.25) is 0 Å². The highest BCUT2D eigenvalue weighted by Gasteiger charge is 2.29. The second-order valence-electron chi connectivity index (χ2n) is 7.73. The summed E-state index contributed by atoms with van der Waals surface area (Å²) in [4.78, 5) is 28.8. The maximum absolute atomic E-state index is 13.6. The molecular weight excluding hydrogens is 385 g/mol. The van der Waals surface area contributed by atoms with Crippen molar-refractivity contribution in [3.63, 3.8) is 0 Å². The van der Waals surface area contributed by atoms with Gasteiger partial charge in [-0.05, 0) is 54.8 Å². The molecule has 1 aliphatic carbocycles. The Morgan fingerprint density at radius 3 is 2.57 bits per heavy atom. The lowest BCUT2D eigenvalue weighted by atomic mass is 10.1. The number of rotatable bonds is 9. The number of carbonyl (C=O) groups is 2. The molecule has 30 heavy (non-hydrogen) atoms. The molecule has 1 N–H and O–H groups in total. The molecule has 0 aliphatic heterocycles. The first-order chi connectivity index (χ1) is 14.4. The Morgan fingerprint density at radius 1 is 1.17 bits per heavy atom. The molecule has 0 saturated heterocycles. The SMILES string of the molecule is COCCN(Cc1cc(NC(=O)C2CC2)ccc1N(C)C)C(=O)c1cccc(F)c1. The number of nitrogens with one attached hydrogen (secondary N) is 1. The number of hydrogen-bond donors (Lipinski definition) is 1. The molecule has 0 atom stereocenters. The van der Waals surface area contributed by atoms with Crippen LogP contribution in [0.25, 0.3) is 0 Å². The molecule has 0 heterocycles. The molecule has 7 heteroatoms. The van der Waals surface area contributed by atoms with Gasteiger partial charge >= 0.3 is 0 Å². The Morgan fingerprint density at radius 2 is 1.93 bits per heavy atom. The second kappa shape index (κ2) is 9.71. The van der Waals surface area contributed by atoms with Gasteiger partial charge in [-0.2, -0.15) is 0 Å². The zero-order valence-electron chi connectivity index (χ0n) is 17.7. The van der Waals surface area contributed by atoms with Crippen LogP contribution < -0.4 is 10.2 Å². The van der Waals surface area contributed by atoms with Crippen molar-refractivity contribution in [3.8, 4) is 0 Å². The third-order valence-corrected chi connectivity index (χ3v) is 5.06. The topological polar surface area (TPSA) is 61.9 Å². The lowest BCUT2D eigenvalue weighted by molar-refractivity contribution is -0.117. The zero-order chi connectivity index (χ0) is 21.7. The fourth-order valence-corrected chi connectivity index (χ4v) is 3.28. The molecule has 0 aromatic heterocycles. The summed E-state index contributed by atoms with van der Waals surface area (Å²) >= 11 is 0. The normalized spacial score (nSPS) is 13.1. The highest BCUT2D eigenvalue weighted by molar-refractivity contribution is 5.95. The van der Waals surface area contributed by atoms with E-state index in [1.807, 2.05) is 37.2 Å². The first-order valence-corrected chi connectivity index (χ1v) is 10.0. The van der Waals surface area contributed by atoms with Gasteiger partial charge in [0.05, 0.1) is 6.61 Å². The van der Waals surface area contributed by atoms with Gasteiger partial charge < -0.3 is 19.9 Å². The third-order valence-electron chi connectivity index (χ3n) is 5.06. The number of halogens is 1. The van der Waals surface area contributed by atoms with E-state index < -0.39 is 5.82 Å². The summed E-state index contributed by atoms with van der Waals surface area (Å²) in [7, 11) is 5.43. The Balaban J connectivity index is 1.87. The summed E-state index contributed by atoms with van der Waals surface area (Å²) in [6.45, 7) is 1.02. The molecule has 3 rings (SSSR count). The van der Waals surface area contributed by atoms with Crippen LogP contribution in [0.5, 0.6) is 0 Å². The fourth-order valence-electron chi connectivity index (χ4n) is 3.28. The lowest BCUT2D eigenvalue weighted by Gasteiger charge is -2.26. The van der Waals surface area contributed by atoms with Gasteiger partial charge in [0.2, 0.25) is 5.91 Å². The van der Waals surface area contributed by atoms with E-state index in [1.54, 1.807) is 18.1 Å². The average Bonchev–Trinajstić information content (AvgIpc) is 3.56. The van der Waals surface area contributed by atoms with Crippen LogP contribution in [0.15, 0.2) is 42.5 Å². The van der Waals surface area contributed by atoms with Crippen molar-refractivity contribution in [2.24, 2.45) is 5.92 Å². The van der Waals surface area contributed by atoms with Crippen molar-refractivity contribution in [1.29, 1.82) is 0 Å². The average molecular weight is 413 g/mol. The number of ether oxygens (including phenoxy) is 1. The Hall–Kier alpha value is -2.93. The van der Waals surface area contributed by atoms with E-state index in [1.165, 1.54) is 18.2 Å². The van der Waals surface area contributed by atoms with E-state index in [2.05, 4.69) is 5.32 Å². The van der Waals surface area contributed by atoms with Gasteiger partial charge in [-0.15, -0.1) is 0 Å². The molecule has 0 spiro atoms. The smallest absolute Gasteiger partial charge is 0.254 e. The summed E-state index contributed by atoms with van der Waals surface area (Å²) in [6.07, 6.45) is 1.86. The van der Waals surface area contributed by atoms with Crippen LogP contribution in [-0.2, 0) is 16.1 Å². The molecule has 1 aliphatic rings. The fraction of sp³-hybridized carbons (Fsp3) is 0.391. The highest BCUT2D eigenvalue weighted by Crippen LogP contribution is 2.31. The number of hydrogen-bond acceptors (Lipinski definition) is 4. The van der Waals surface area contributed by atoms with E-state index in [0.717, 1.165) is 24.1 Å². The predicted molar refractivity (Wildman–Crippen MR) is 115 cm³/mol. The molecule has 2 aromatic carbocycles. The van der Waals surface area contributed by atoms with Crippen LogP contribution in [-0.4, -0.2) is 51.1 Å². The highest BCUT2D eigenvalue weighted by atomic mass is 19.1. The molecule has 2 amide bonds. The molecule has 1 saturated carbocycles. The van der Waals surface area contributed by atoms with Crippen molar-refractivity contribution in [2.75, 3.05) is 44.6 Å². The summed E-state index contributed by atoms with van der Waals surface area (Å²) in [5.74, 6) is -0.588. The van der Waals surface area contributed by atoms with E-state index in [4.69, 9.17) is 4.74 Å². The maximum atomic E-state index is 13.6. The minimum Gasteiger partial charge on any atom is -0.383 e. The molecule has 0 bridgehead atoms. The van der Waals surface area contributed by atoms with Crippen LogP contribution in [0.3, 0.4) is 0 Å². The van der Waals surface area contributed by atoms with Crippen LogP contribution >= 0.6 is 0 Å². The largest absolute Gasteiger partial charge is 0.383 e. The molecule has 1 fully saturated rings. The third kappa shape index (κ3) is 5.57. The van der Waals surface area contributed by atoms with Gasteiger partial charge in [0, 0.05) is 57.2 Å². The minimum absolute atomic E-state index is 0.0330. The number of methoxy groups -OCH3 is 1. The maximum Gasteiger partial charge on any atom is 0.254 e. The van der Waals surface area contributed by atoms with Gasteiger partial charge in [-0.3, -0.25) is 9.59 Å². The van der Waals surface area contributed by atoms with Crippen LogP contribution in [0, 0.1) is 11.7 Å². The summed E-state index contributed by atoms with van der Waals surface area (Å²) in [5, 5.41) is 2.96. The standard InChI is InChI=1S/C23H28FN3O3/c1-26(2)21-10-9-20(25-22(28)16-7-8-16)14-18(21)15-27(11-12-30-3)23(29)17-5-4-6-19(24)13-17/h4-6,9-10,13-14,16H,7-8,11-12,15H2,1-3H3,(H,25,28). The van der Waals surface area contributed by atoms with E-state index in [-0.39, 0.29) is 23.3 Å². The van der Waals surface area contributed by atoms with Gasteiger partial charge in [-0.25, -0.2) is 4.39 Å². The van der Waals surface area contributed by atoms with Gasteiger partial charge in [0.25, 0.3) is 5.91 Å². The molecule has 160 valence electrons. The molecule has 2 aromatic rings. The monoisotopic (exact) mass is 413 g/mol. The second-order valence-corrected chi connectivity index (χ2v) is 7.73. The first-order valence-electron chi connectivity index (χ1n) is 10.0. The van der Waals surface area contributed by atoms with Gasteiger partial charge in [0.15, 0.2) is 0 Å². The number of nitrogens with zero attached hydrogens (tertiary/aromatic N) is 2. The number of carbonyl (C=O) groups excluding carboxylic acids is 2. The Kier molecular flexibility index (Phi) is 7.05. The quantitative estimate of drug-likeness (QED) is 0.683. The molecule has 0 radical (unpaired) electrons. The lowest BCUT2D eigenvalue weighted by Crippen LogP contribution is -2.34. The van der Waals surface area contributed by atoms with E-state index in [0.29, 0.717) is 25.4 Å². The van der Waals surface area contributed by atoms with E-state index in [9.17, 15) is 14.0 Å². The van der Waals surface area contributed by atoms with Gasteiger partial charge in [0.1, 0.15) is 5.82 Å². The van der Waals surface area contributed by atoms with Crippen LogP contribution in [0.4, 0.5) is 15.8 Å². The summed E-state index contributed by atoms with van der Waals surface area (Å²) in [6, 6.07) is 11.4. The minimum atomic E-state index is -0.452. The molecular formula is C23H28FN3O3. The summed E-state index contributed by atoms with van der Waals surface area (Å²) < 4.78 is 18.8. The zero-order valence-corrected chi connectivity index (χ0v) is 17.7. The van der Waals surface area contributed by atoms with Crippen molar-refractivity contribution in [2.45, 2.75) is 19.4 Å². The van der Waals surface area contributed by atoms with Crippen molar-refractivity contribution >= 4 is 23.2 Å². The summed E-state index contributed by atoms with van der Waals surface area (Å²) in [5.41, 5.74) is 2.82. The van der Waals surface area contributed by atoms with Gasteiger partial charge in [-0.1, -0.05) is 6.07 Å². The number of benzene rings is 2. The van der Waals surface area contributed by atoms with Crippen molar-refractivity contribution in [3.05, 3.63) is 59.4 Å². The Labute approximate surface area is 176 Å². The number of amides is 2. The first kappa shape index (κ1) is 21.8. The Bertz CT molecular complexity index is 912. The van der Waals surface area contributed by atoms with Crippen LogP contribution in [0.1, 0.15) is 28.8 Å².